The van der Waals surface area contributed by atoms with E-state index in [9.17, 15) is 14.4 Å². The minimum atomic E-state index is -0.825. The van der Waals surface area contributed by atoms with E-state index in [1.54, 1.807) is 0 Å². The monoisotopic (exact) mass is 1050 g/mol. The summed E-state index contributed by atoms with van der Waals surface area (Å²) < 4.78 is 16.9. The summed E-state index contributed by atoms with van der Waals surface area (Å²) in [5.74, 6) is -0.997. The predicted molar refractivity (Wildman–Crippen MR) is 330 cm³/mol. The average Bonchev–Trinajstić information content (AvgIpc) is 3.42. The summed E-state index contributed by atoms with van der Waals surface area (Å²) in [6.45, 7) is 6.38. The molecule has 0 radical (unpaired) electrons. The van der Waals surface area contributed by atoms with Gasteiger partial charge >= 0.3 is 17.9 Å². The third kappa shape index (κ3) is 60.9. The van der Waals surface area contributed by atoms with Gasteiger partial charge in [-0.3, -0.25) is 14.4 Å². The zero-order valence-electron chi connectivity index (χ0n) is 49.7. The quantitative estimate of drug-likeness (QED) is 0.0261. The molecule has 0 aromatic rings. The number of hydrogen-bond donors (Lipinski definition) is 0. The molecule has 1 atom stereocenters. The van der Waals surface area contributed by atoms with E-state index >= 15 is 0 Å². The molecule has 0 rings (SSSR count). The molecular formula is C70H118O6. The first-order chi connectivity index (χ1) is 37.5. The van der Waals surface area contributed by atoms with Gasteiger partial charge in [0.05, 0.1) is 0 Å². The molecule has 0 saturated heterocycles. The minimum absolute atomic E-state index is 0.110. The van der Waals surface area contributed by atoms with Crippen LogP contribution in [-0.4, -0.2) is 37.2 Å². The molecule has 0 fully saturated rings. The number of carbonyl (C=O) groups excluding carboxylic acids is 3. The highest BCUT2D eigenvalue weighted by Crippen LogP contribution is 2.17. The van der Waals surface area contributed by atoms with Crippen molar-refractivity contribution in [3.8, 4) is 0 Å². The molecule has 6 heteroatoms. The Hall–Kier alpha value is -3.93. The fraction of sp³-hybridized carbons (Fsp3) is 0.700. The van der Waals surface area contributed by atoms with Gasteiger partial charge in [0.25, 0.3) is 0 Å². The van der Waals surface area contributed by atoms with E-state index in [1.807, 2.05) is 6.08 Å². The van der Waals surface area contributed by atoms with Gasteiger partial charge in [0.15, 0.2) is 6.10 Å². The van der Waals surface area contributed by atoms with Gasteiger partial charge in [-0.15, -0.1) is 0 Å². The first-order valence-electron chi connectivity index (χ1n) is 31.9. The molecule has 0 bridgehead atoms. The van der Waals surface area contributed by atoms with Gasteiger partial charge in [0, 0.05) is 19.3 Å². The fourth-order valence-electron chi connectivity index (χ4n) is 8.84. The van der Waals surface area contributed by atoms with Gasteiger partial charge in [-0.05, 0) is 89.9 Å². The van der Waals surface area contributed by atoms with E-state index < -0.39 is 12.1 Å². The lowest BCUT2D eigenvalue weighted by Crippen LogP contribution is -2.30. The molecule has 76 heavy (non-hydrogen) atoms. The lowest BCUT2D eigenvalue weighted by Gasteiger charge is -2.18. The maximum absolute atomic E-state index is 12.9. The predicted octanol–water partition coefficient (Wildman–Crippen LogP) is 21.8. The molecule has 0 saturated carbocycles. The lowest BCUT2D eigenvalue weighted by atomic mass is 10.0. The molecule has 0 aliphatic heterocycles. The van der Waals surface area contributed by atoms with E-state index in [0.29, 0.717) is 19.3 Å². The largest absolute Gasteiger partial charge is 0.462 e. The molecule has 0 aromatic heterocycles. The highest BCUT2D eigenvalue weighted by molar-refractivity contribution is 5.71. The number of allylic oxidation sites excluding steroid dienone is 18. The van der Waals surface area contributed by atoms with Gasteiger partial charge in [-0.25, -0.2) is 0 Å². The van der Waals surface area contributed by atoms with Crippen LogP contribution < -0.4 is 0 Å². The molecule has 0 aromatic carbocycles. The highest BCUT2D eigenvalue weighted by atomic mass is 16.6. The molecule has 0 aliphatic rings. The Morgan fingerprint density at radius 1 is 0.276 bits per heavy atom. The van der Waals surface area contributed by atoms with Crippen molar-refractivity contribution in [2.24, 2.45) is 0 Å². The second kappa shape index (κ2) is 63.6. The van der Waals surface area contributed by atoms with Crippen LogP contribution >= 0.6 is 0 Å². The number of ether oxygens (including phenoxy) is 3. The topological polar surface area (TPSA) is 78.9 Å². The smallest absolute Gasteiger partial charge is 0.306 e. The standard InChI is InChI=1S/C70H118O6/c1-4-7-10-13-16-19-22-25-28-31-33-34-35-37-39-42-45-48-51-54-57-60-63-69(72)75-66-67(65-74-68(71)62-59-56-53-50-47-44-41-38-30-27-24-21-18-15-12-9-6-3)76-70(73)64-61-58-55-52-49-46-43-40-36-32-29-26-23-20-17-14-11-8-5-2/h8-9,11-12,17-18,20-21,26-27,29-30,36,40,46,49,55,58,67H,4-7,10,13-16,19,22-25,28,31-35,37-39,41-45,47-48,50-54,56-57,59-66H2,1-3H3/b11-8-,12-9-,20-17-,21-18-,29-26-,30-27-,40-36-,49-46-,58-55-. The summed E-state index contributed by atoms with van der Waals surface area (Å²) in [7, 11) is 0. The highest BCUT2D eigenvalue weighted by Gasteiger charge is 2.19. The summed E-state index contributed by atoms with van der Waals surface area (Å²) in [4.78, 5) is 38.3. The van der Waals surface area contributed by atoms with Gasteiger partial charge in [0.1, 0.15) is 13.2 Å². The van der Waals surface area contributed by atoms with Crippen molar-refractivity contribution in [3.63, 3.8) is 0 Å². The number of unbranched alkanes of at least 4 members (excludes halogenated alkanes) is 28. The van der Waals surface area contributed by atoms with Crippen LogP contribution in [0.3, 0.4) is 0 Å². The van der Waals surface area contributed by atoms with E-state index in [0.717, 1.165) is 103 Å². The van der Waals surface area contributed by atoms with Crippen molar-refractivity contribution in [2.45, 2.75) is 303 Å². The van der Waals surface area contributed by atoms with E-state index in [4.69, 9.17) is 14.2 Å². The van der Waals surface area contributed by atoms with Crippen LogP contribution in [0.15, 0.2) is 109 Å². The van der Waals surface area contributed by atoms with Crippen LogP contribution in [0.1, 0.15) is 297 Å². The van der Waals surface area contributed by atoms with Crippen LogP contribution in [-0.2, 0) is 28.6 Å². The van der Waals surface area contributed by atoms with Gasteiger partial charge in [0.2, 0.25) is 0 Å². The summed E-state index contributed by atoms with van der Waals surface area (Å²) in [6.07, 6.45) is 86.8. The summed E-state index contributed by atoms with van der Waals surface area (Å²) in [6, 6.07) is 0. The van der Waals surface area contributed by atoms with Crippen LogP contribution in [0.2, 0.25) is 0 Å². The molecule has 0 aliphatic carbocycles. The molecule has 0 amide bonds. The Balaban J connectivity index is 4.46. The molecule has 1 unspecified atom stereocenters. The zero-order chi connectivity index (χ0) is 55.0. The third-order valence-corrected chi connectivity index (χ3v) is 13.5. The molecule has 0 N–H and O–H groups in total. The number of esters is 3. The number of carbonyl (C=O) groups is 3. The van der Waals surface area contributed by atoms with Crippen LogP contribution in [0, 0.1) is 0 Å². The zero-order valence-corrected chi connectivity index (χ0v) is 49.7. The SMILES string of the molecule is CC/C=C\C/C=C\C/C=C\C/C=C\C/C=C\C/C=C\CCC(=O)OC(COC(=O)CCCCCCCCC/C=C\C/C=C\C/C=C\CC)COC(=O)CCCCCCCCCCCCCCCCCCCCCCCC. The molecule has 0 heterocycles. The fourth-order valence-corrected chi connectivity index (χ4v) is 8.84. The van der Waals surface area contributed by atoms with Crippen LogP contribution in [0.4, 0.5) is 0 Å². The summed E-state index contributed by atoms with van der Waals surface area (Å²) in [5.41, 5.74) is 0. The second-order valence-electron chi connectivity index (χ2n) is 20.9. The molecule has 6 nitrogen and oxygen atoms in total. The van der Waals surface area contributed by atoms with Crippen molar-refractivity contribution in [2.75, 3.05) is 13.2 Å². The van der Waals surface area contributed by atoms with Crippen LogP contribution in [0.5, 0.6) is 0 Å². The molecule has 0 spiro atoms. The normalized spacial score (nSPS) is 12.8. The maximum Gasteiger partial charge on any atom is 0.306 e. The van der Waals surface area contributed by atoms with E-state index in [2.05, 4.69) is 124 Å². The van der Waals surface area contributed by atoms with Gasteiger partial charge < -0.3 is 14.2 Å². The maximum atomic E-state index is 12.9. The van der Waals surface area contributed by atoms with E-state index in [1.165, 1.54) is 148 Å². The van der Waals surface area contributed by atoms with Crippen molar-refractivity contribution in [3.05, 3.63) is 109 Å². The number of rotatable bonds is 57. The average molecular weight is 1060 g/mol. The first kappa shape index (κ1) is 72.1. The van der Waals surface area contributed by atoms with Gasteiger partial charge in [-0.2, -0.15) is 0 Å². The summed E-state index contributed by atoms with van der Waals surface area (Å²) >= 11 is 0. The Labute approximate surface area is 470 Å². The number of hydrogen-bond acceptors (Lipinski definition) is 6. The van der Waals surface area contributed by atoms with Crippen molar-refractivity contribution >= 4 is 17.9 Å². The second-order valence-corrected chi connectivity index (χ2v) is 20.9. The molecular weight excluding hydrogens is 937 g/mol. The first-order valence-corrected chi connectivity index (χ1v) is 31.9. The Morgan fingerprint density at radius 2 is 0.539 bits per heavy atom. The lowest BCUT2D eigenvalue weighted by molar-refractivity contribution is -0.166. The van der Waals surface area contributed by atoms with Crippen LogP contribution in [0.25, 0.3) is 0 Å². The summed E-state index contributed by atoms with van der Waals surface area (Å²) in [5, 5.41) is 0. The third-order valence-electron chi connectivity index (χ3n) is 13.5. The van der Waals surface area contributed by atoms with E-state index in [-0.39, 0.29) is 31.6 Å². The molecule has 434 valence electrons. The Bertz CT molecular complexity index is 1540. The Kier molecular flexibility index (Phi) is 60.3. The van der Waals surface area contributed by atoms with Crippen molar-refractivity contribution in [1.29, 1.82) is 0 Å². The van der Waals surface area contributed by atoms with Crippen molar-refractivity contribution < 1.29 is 28.6 Å². The minimum Gasteiger partial charge on any atom is -0.462 e. The Morgan fingerprint density at radius 3 is 0.855 bits per heavy atom. The van der Waals surface area contributed by atoms with Crippen molar-refractivity contribution in [1.82, 2.24) is 0 Å². The van der Waals surface area contributed by atoms with Gasteiger partial charge in [-0.1, -0.05) is 297 Å².